The molecule has 134 valence electrons. The van der Waals surface area contributed by atoms with Gasteiger partial charge in [-0.3, -0.25) is 14.5 Å². The molecule has 1 amide bonds. The Balaban J connectivity index is 2.69. The standard InChI is InChI=1S/C16H25N3O5/c1-11(2)15(23-14(20)9-17)24-16(21)19(4)13-7-5-12(6-8-13)10-22-18-3/h5-8,11,15,18H,9-10,17H2,1-4H3. The van der Waals surface area contributed by atoms with E-state index in [0.717, 1.165) is 5.56 Å². The molecule has 1 atom stereocenters. The number of anilines is 1. The molecule has 0 radical (unpaired) electrons. The minimum atomic E-state index is -0.987. The van der Waals surface area contributed by atoms with E-state index >= 15 is 0 Å². The van der Waals surface area contributed by atoms with Crippen molar-refractivity contribution in [3.05, 3.63) is 29.8 Å². The number of nitrogens with two attached hydrogens (primary N) is 1. The van der Waals surface area contributed by atoms with E-state index in [0.29, 0.717) is 12.3 Å². The molecule has 0 aliphatic carbocycles. The van der Waals surface area contributed by atoms with Crippen molar-refractivity contribution in [1.29, 1.82) is 0 Å². The maximum atomic E-state index is 12.2. The van der Waals surface area contributed by atoms with E-state index in [1.807, 2.05) is 12.1 Å². The zero-order valence-electron chi connectivity index (χ0n) is 14.4. The summed E-state index contributed by atoms with van der Waals surface area (Å²) >= 11 is 0. The lowest BCUT2D eigenvalue weighted by molar-refractivity contribution is -0.172. The molecule has 3 N–H and O–H groups in total. The number of ether oxygens (including phenoxy) is 2. The smallest absolute Gasteiger partial charge is 0.417 e. The summed E-state index contributed by atoms with van der Waals surface area (Å²) in [5, 5.41) is 0. The molecule has 0 saturated heterocycles. The highest BCUT2D eigenvalue weighted by molar-refractivity contribution is 5.87. The van der Waals surface area contributed by atoms with Crippen molar-refractivity contribution in [2.24, 2.45) is 11.7 Å². The van der Waals surface area contributed by atoms with Crippen LogP contribution in [0.5, 0.6) is 0 Å². The molecule has 0 aliphatic rings. The summed E-state index contributed by atoms with van der Waals surface area (Å²) in [5.41, 5.74) is 9.39. The van der Waals surface area contributed by atoms with Crippen LogP contribution in [0.3, 0.4) is 0 Å². The summed E-state index contributed by atoms with van der Waals surface area (Å²) in [6.07, 6.45) is -1.61. The summed E-state index contributed by atoms with van der Waals surface area (Å²) < 4.78 is 10.3. The van der Waals surface area contributed by atoms with E-state index < -0.39 is 18.4 Å². The molecule has 0 bridgehead atoms. The number of esters is 1. The second kappa shape index (κ2) is 9.86. The predicted molar refractivity (Wildman–Crippen MR) is 88.9 cm³/mol. The Morgan fingerprint density at radius 1 is 1.21 bits per heavy atom. The Labute approximate surface area is 141 Å². The fourth-order valence-electron chi connectivity index (χ4n) is 1.73. The Bertz CT molecular complexity index is 533. The van der Waals surface area contributed by atoms with Crippen molar-refractivity contribution in [2.45, 2.75) is 26.7 Å². The van der Waals surface area contributed by atoms with Crippen LogP contribution < -0.4 is 16.1 Å². The number of hydrogen-bond donors (Lipinski definition) is 2. The van der Waals surface area contributed by atoms with Crippen LogP contribution in [0.2, 0.25) is 0 Å². The van der Waals surface area contributed by atoms with Gasteiger partial charge in [-0.15, -0.1) is 0 Å². The van der Waals surface area contributed by atoms with Gasteiger partial charge in [-0.05, 0) is 17.7 Å². The monoisotopic (exact) mass is 339 g/mol. The number of nitrogens with one attached hydrogen (secondary N) is 1. The Kier molecular flexibility index (Phi) is 8.17. The molecule has 0 aliphatic heterocycles. The third-order valence-electron chi connectivity index (χ3n) is 3.16. The second-order valence-electron chi connectivity index (χ2n) is 5.41. The zero-order chi connectivity index (χ0) is 18.1. The maximum absolute atomic E-state index is 12.2. The van der Waals surface area contributed by atoms with Gasteiger partial charge in [-0.25, -0.2) is 10.3 Å². The molecule has 0 saturated carbocycles. The maximum Gasteiger partial charge on any atom is 0.417 e. The Hall–Kier alpha value is -2.16. The molecular weight excluding hydrogens is 314 g/mol. The minimum Gasteiger partial charge on any atom is -0.424 e. The summed E-state index contributed by atoms with van der Waals surface area (Å²) in [6.45, 7) is 3.69. The number of hydrogen-bond acceptors (Lipinski definition) is 7. The largest absolute Gasteiger partial charge is 0.424 e. The van der Waals surface area contributed by atoms with Gasteiger partial charge in [0.25, 0.3) is 6.29 Å². The Morgan fingerprint density at radius 3 is 2.33 bits per heavy atom. The van der Waals surface area contributed by atoms with Gasteiger partial charge >= 0.3 is 12.1 Å². The van der Waals surface area contributed by atoms with Crippen molar-refractivity contribution >= 4 is 17.7 Å². The average Bonchev–Trinajstić information content (AvgIpc) is 2.58. The lowest BCUT2D eigenvalue weighted by Crippen LogP contribution is -2.37. The number of carbonyl (C=O) groups excluding carboxylic acids is 2. The van der Waals surface area contributed by atoms with E-state index in [-0.39, 0.29) is 12.5 Å². The molecule has 1 rings (SSSR count). The molecule has 0 spiro atoms. The lowest BCUT2D eigenvalue weighted by Gasteiger charge is -2.24. The van der Waals surface area contributed by atoms with E-state index in [1.54, 1.807) is 40.1 Å². The molecular formula is C16H25N3O5. The quantitative estimate of drug-likeness (QED) is 0.419. The lowest BCUT2D eigenvalue weighted by atomic mass is 10.2. The number of carbonyl (C=O) groups is 2. The van der Waals surface area contributed by atoms with Crippen LogP contribution in [-0.4, -0.2) is 39.0 Å². The van der Waals surface area contributed by atoms with Crippen LogP contribution in [-0.2, 0) is 25.7 Å². The van der Waals surface area contributed by atoms with Gasteiger partial charge in [0, 0.05) is 25.7 Å². The first-order chi connectivity index (χ1) is 11.4. The van der Waals surface area contributed by atoms with Gasteiger partial charge < -0.3 is 15.2 Å². The molecule has 0 heterocycles. The van der Waals surface area contributed by atoms with Crippen LogP contribution in [0, 0.1) is 5.92 Å². The van der Waals surface area contributed by atoms with E-state index in [4.69, 9.17) is 20.0 Å². The Morgan fingerprint density at radius 2 is 1.83 bits per heavy atom. The van der Waals surface area contributed by atoms with Gasteiger partial charge in [0.15, 0.2) is 0 Å². The van der Waals surface area contributed by atoms with Gasteiger partial charge in [-0.2, -0.15) is 0 Å². The highest BCUT2D eigenvalue weighted by atomic mass is 16.7. The highest BCUT2D eigenvalue weighted by Crippen LogP contribution is 2.17. The van der Waals surface area contributed by atoms with E-state index in [1.165, 1.54) is 4.90 Å². The molecule has 0 aromatic heterocycles. The molecule has 1 aromatic carbocycles. The number of nitrogens with zero attached hydrogens (tertiary/aromatic N) is 1. The van der Waals surface area contributed by atoms with Crippen LogP contribution in [0.4, 0.5) is 10.5 Å². The summed E-state index contributed by atoms with van der Waals surface area (Å²) in [7, 11) is 3.25. The van der Waals surface area contributed by atoms with Crippen LogP contribution in [0.15, 0.2) is 24.3 Å². The minimum absolute atomic E-state index is 0.195. The SMILES string of the molecule is CNOCc1ccc(N(C)C(=O)OC(OC(=O)CN)C(C)C)cc1. The van der Waals surface area contributed by atoms with E-state index in [9.17, 15) is 9.59 Å². The third kappa shape index (κ3) is 6.15. The highest BCUT2D eigenvalue weighted by Gasteiger charge is 2.24. The van der Waals surface area contributed by atoms with Crippen molar-refractivity contribution < 1.29 is 23.9 Å². The van der Waals surface area contributed by atoms with Crippen molar-refractivity contribution in [3.8, 4) is 0 Å². The summed E-state index contributed by atoms with van der Waals surface area (Å²) in [4.78, 5) is 29.9. The summed E-state index contributed by atoms with van der Waals surface area (Å²) in [5.74, 6) is -0.822. The van der Waals surface area contributed by atoms with Gasteiger partial charge in [0.05, 0.1) is 13.2 Å². The molecule has 1 aromatic rings. The van der Waals surface area contributed by atoms with Crippen molar-refractivity contribution in [1.82, 2.24) is 5.48 Å². The van der Waals surface area contributed by atoms with Gasteiger partial charge in [-0.1, -0.05) is 26.0 Å². The number of hydroxylamine groups is 1. The van der Waals surface area contributed by atoms with Gasteiger partial charge in [0.1, 0.15) is 0 Å². The van der Waals surface area contributed by atoms with Crippen LogP contribution in [0.1, 0.15) is 19.4 Å². The first-order valence-electron chi connectivity index (χ1n) is 7.60. The van der Waals surface area contributed by atoms with Crippen molar-refractivity contribution in [3.63, 3.8) is 0 Å². The third-order valence-corrected chi connectivity index (χ3v) is 3.16. The normalized spacial score (nSPS) is 11.9. The first kappa shape index (κ1) is 19.9. The topological polar surface area (TPSA) is 103 Å². The fraction of sp³-hybridized carbons (Fsp3) is 0.500. The number of benzene rings is 1. The van der Waals surface area contributed by atoms with Crippen molar-refractivity contribution in [2.75, 3.05) is 25.5 Å². The van der Waals surface area contributed by atoms with E-state index in [2.05, 4.69) is 5.48 Å². The van der Waals surface area contributed by atoms with Crippen LogP contribution in [0.25, 0.3) is 0 Å². The molecule has 8 nitrogen and oxygen atoms in total. The molecule has 0 fully saturated rings. The first-order valence-corrected chi connectivity index (χ1v) is 7.60. The molecule has 1 unspecified atom stereocenters. The second-order valence-corrected chi connectivity index (χ2v) is 5.41. The van der Waals surface area contributed by atoms with Gasteiger partial charge in [0.2, 0.25) is 0 Å². The zero-order valence-corrected chi connectivity index (χ0v) is 14.4. The molecule has 8 heteroatoms. The number of amides is 1. The molecule has 24 heavy (non-hydrogen) atoms. The fourth-order valence-corrected chi connectivity index (χ4v) is 1.73. The average molecular weight is 339 g/mol. The predicted octanol–water partition coefficient (Wildman–Crippen LogP) is 1.39. The number of rotatable bonds is 8. The summed E-state index contributed by atoms with van der Waals surface area (Å²) in [6, 6.07) is 7.22. The van der Waals surface area contributed by atoms with Crippen LogP contribution >= 0.6 is 0 Å².